The Kier molecular flexibility index (Phi) is 6.90. The minimum Gasteiger partial charge on any atom is -0.394 e. The Bertz CT molecular complexity index is 762. The molecule has 2 rings (SSSR count). The number of anilines is 2. The summed E-state index contributed by atoms with van der Waals surface area (Å²) in [5.74, 6) is -1.82. The van der Waals surface area contributed by atoms with Crippen molar-refractivity contribution in [2.24, 2.45) is 0 Å². The minimum absolute atomic E-state index is 0.0183. The van der Waals surface area contributed by atoms with Gasteiger partial charge in [0.2, 0.25) is 0 Å². The van der Waals surface area contributed by atoms with E-state index < -0.39 is 17.5 Å². The second-order valence-corrected chi connectivity index (χ2v) is 6.57. The summed E-state index contributed by atoms with van der Waals surface area (Å²) in [4.78, 5) is 16.9. The van der Waals surface area contributed by atoms with Crippen LogP contribution in [0.25, 0.3) is 0 Å². The van der Waals surface area contributed by atoms with E-state index >= 15 is 0 Å². The second kappa shape index (κ2) is 8.70. The van der Waals surface area contributed by atoms with Gasteiger partial charge in [0, 0.05) is 3.57 Å². The zero-order valence-electron chi connectivity index (χ0n) is 12.1. The van der Waals surface area contributed by atoms with Crippen LogP contribution in [0.1, 0.15) is 10.4 Å². The zero-order valence-corrected chi connectivity index (χ0v) is 15.8. The maximum absolute atomic E-state index is 14.0. The second-order valence-electron chi connectivity index (χ2n) is 4.54. The molecule has 0 radical (unpaired) electrons. The van der Waals surface area contributed by atoms with Crippen molar-refractivity contribution in [3.05, 3.63) is 55.6 Å². The van der Waals surface area contributed by atoms with E-state index in [0.29, 0.717) is 3.57 Å². The number of aliphatic hydroxyl groups excluding tert-OH is 1. The van der Waals surface area contributed by atoms with E-state index in [-0.39, 0.29) is 34.6 Å². The number of hydroxylamine groups is 1. The van der Waals surface area contributed by atoms with Gasteiger partial charge in [-0.05, 0) is 68.9 Å². The molecular formula is C15H12BrF2IN2O3. The topological polar surface area (TPSA) is 70.6 Å². The van der Waals surface area contributed by atoms with Crippen molar-refractivity contribution in [2.75, 3.05) is 18.5 Å². The molecule has 5 nitrogen and oxygen atoms in total. The molecule has 128 valence electrons. The van der Waals surface area contributed by atoms with E-state index in [9.17, 15) is 13.6 Å². The molecule has 0 saturated carbocycles. The molecule has 0 atom stereocenters. The van der Waals surface area contributed by atoms with Crippen LogP contribution in [0.5, 0.6) is 0 Å². The van der Waals surface area contributed by atoms with Crippen molar-refractivity contribution >= 4 is 55.8 Å². The van der Waals surface area contributed by atoms with Gasteiger partial charge in [-0.3, -0.25) is 9.63 Å². The van der Waals surface area contributed by atoms with Crippen LogP contribution in [0.15, 0.2) is 34.8 Å². The number of nitrogens with one attached hydrogen (secondary N) is 2. The fraction of sp³-hybridized carbons (Fsp3) is 0.133. The van der Waals surface area contributed by atoms with E-state index in [2.05, 4.69) is 26.7 Å². The molecule has 0 unspecified atom stereocenters. The van der Waals surface area contributed by atoms with Crippen LogP contribution in [0.2, 0.25) is 0 Å². The van der Waals surface area contributed by atoms with E-state index in [4.69, 9.17) is 9.94 Å². The highest BCUT2D eigenvalue weighted by molar-refractivity contribution is 14.1. The maximum atomic E-state index is 14.0. The first-order valence-electron chi connectivity index (χ1n) is 6.67. The highest BCUT2D eigenvalue weighted by Gasteiger charge is 2.18. The molecule has 0 aliphatic heterocycles. The standard InChI is InChI=1S/C15H12BrF2IN2O3/c16-13-10(17)3-2-9(15(23)21-24-6-5-22)14(13)20-12-4-1-8(19)7-11(12)18/h1-4,7,20,22H,5-6H2,(H,21,23). The number of carbonyl (C=O) groups excluding carboxylic acids is 1. The third-order valence-corrected chi connectivity index (χ3v) is 4.33. The van der Waals surface area contributed by atoms with Crippen LogP contribution in [0, 0.1) is 15.2 Å². The average Bonchev–Trinajstić information content (AvgIpc) is 2.54. The van der Waals surface area contributed by atoms with Crippen molar-refractivity contribution in [3.63, 3.8) is 0 Å². The van der Waals surface area contributed by atoms with Gasteiger partial charge in [0.05, 0.1) is 34.6 Å². The number of carbonyl (C=O) groups is 1. The fourth-order valence-electron chi connectivity index (χ4n) is 1.80. The average molecular weight is 513 g/mol. The Morgan fingerprint density at radius 2 is 2.00 bits per heavy atom. The molecule has 9 heteroatoms. The van der Waals surface area contributed by atoms with E-state index in [1.165, 1.54) is 18.2 Å². The van der Waals surface area contributed by atoms with Gasteiger partial charge in [-0.25, -0.2) is 14.3 Å². The predicted octanol–water partition coefficient (Wildman–Crippen LogP) is 3.73. The van der Waals surface area contributed by atoms with Gasteiger partial charge in [-0.1, -0.05) is 0 Å². The number of benzene rings is 2. The van der Waals surface area contributed by atoms with E-state index in [0.717, 1.165) is 6.07 Å². The van der Waals surface area contributed by atoms with E-state index in [1.807, 2.05) is 22.6 Å². The molecular weight excluding hydrogens is 501 g/mol. The summed E-state index contributed by atoms with van der Waals surface area (Å²) < 4.78 is 28.5. The third-order valence-electron chi connectivity index (χ3n) is 2.89. The number of aliphatic hydroxyl groups is 1. The smallest absolute Gasteiger partial charge is 0.276 e. The summed E-state index contributed by atoms with van der Waals surface area (Å²) in [7, 11) is 0. The summed E-state index contributed by atoms with van der Waals surface area (Å²) in [6.45, 7) is -0.366. The van der Waals surface area contributed by atoms with Crippen LogP contribution >= 0.6 is 38.5 Å². The highest BCUT2D eigenvalue weighted by Crippen LogP contribution is 2.33. The van der Waals surface area contributed by atoms with Crippen molar-refractivity contribution in [3.8, 4) is 0 Å². The summed E-state index contributed by atoms with van der Waals surface area (Å²) >= 11 is 5.02. The van der Waals surface area contributed by atoms with Gasteiger partial charge >= 0.3 is 0 Å². The van der Waals surface area contributed by atoms with Crippen LogP contribution < -0.4 is 10.8 Å². The quantitative estimate of drug-likeness (QED) is 0.313. The van der Waals surface area contributed by atoms with Crippen molar-refractivity contribution < 1.29 is 23.5 Å². The first-order chi connectivity index (χ1) is 11.4. The first kappa shape index (κ1) is 19.0. The number of halogens is 4. The van der Waals surface area contributed by atoms with Crippen LogP contribution in [0.4, 0.5) is 20.2 Å². The lowest BCUT2D eigenvalue weighted by atomic mass is 10.1. The molecule has 0 aliphatic carbocycles. The lowest BCUT2D eigenvalue weighted by Crippen LogP contribution is -2.26. The Hall–Kier alpha value is -1.30. The summed E-state index contributed by atoms with van der Waals surface area (Å²) in [6.07, 6.45) is 0. The largest absolute Gasteiger partial charge is 0.394 e. The summed E-state index contributed by atoms with van der Waals surface area (Å²) in [6, 6.07) is 6.80. The molecule has 2 aromatic carbocycles. The molecule has 0 spiro atoms. The Morgan fingerprint density at radius 1 is 1.25 bits per heavy atom. The lowest BCUT2D eigenvalue weighted by Gasteiger charge is -2.15. The molecule has 0 saturated heterocycles. The SMILES string of the molecule is O=C(NOCCO)c1ccc(F)c(Br)c1Nc1ccc(I)cc1F. The number of hydrogen-bond acceptors (Lipinski definition) is 4. The van der Waals surface area contributed by atoms with Crippen LogP contribution in [-0.2, 0) is 4.84 Å². The molecule has 0 fully saturated rings. The number of hydrogen-bond donors (Lipinski definition) is 3. The molecule has 1 amide bonds. The monoisotopic (exact) mass is 512 g/mol. The van der Waals surface area contributed by atoms with Crippen molar-refractivity contribution in [1.29, 1.82) is 0 Å². The normalized spacial score (nSPS) is 10.5. The molecule has 24 heavy (non-hydrogen) atoms. The Balaban J connectivity index is 2.36. The molecule has 0 bridgehead atoms. The Labute approximate surface area is 158 Å². The Morgan fingerprint density at radius 3 is 2.67 bits per heavy atom. The summed E-state index contributed by atoms with van der Waals surface area (Å²) in [5, 5.41) is 11.4. The highest BCUT2D eigenvalue weighted by atomic mass is 127. The van der Waals surface area contributed by atoms with Crippen LogP contribution in [-0.4, -0.2) is 24.2 Å². The fourth-order valence-corrected chi connectivity index (χ4v) is 2.70. The third kappa shape index (κ3) is 4.62. The maximum Gasteiger partial charge on any atom is 0.276 e. The van der Waals surface area contributed by atoms with Gasteiger partial charge in [-0.2, -0.15) is 0 Å². The van der Waals surface area contributed by atoms with Gasteiger partial charge < -0.3 is 10.4 Å². The number of amides is 1. The van der Waals surface area contributed by atoms with Gasteiger partial charge in [0.15, 0.2) is 0 Å². The predicted molar refractivity (Wildman–Crippen MR) is 97.0 cm³/mol. The van der Waals surface area contributed by atoms with Crippen molar-refractivity contribution in [1.82, 2.24) is 5.48 Å². The molecule has 0 aromatic heterocycles. The van der Waals surface area contributed by atoms with Gasteiger partial charge in [0.25, 0.3) is 5.91 Å². The first-order valence-corrected chi connectivity index (χ1v) is 8.54. The number of rotatable bonds is 6. The molecule has 0 aliphatic rings. The van der Waals surface area contributed by atoms with Gasteiger partial charge in [-0.15, -0.1) is 0 Å². The molecule has 3 N–H and O–H groups in total. The van der Waals surface area contributed by atoms with Crippen molar-refractivity contribution in [2.45, 2.75) is 0 Å². The minimum atomic E-state index is -0.669. The van der Waals surface area contributed by atoms with Gasteiger partial charge in [0.1, 0.15) is 11.6 Å². The van der Waals surface area contributed by atoms with Crippen LogP contribution in [0.3, 0.4) is 0 Å². The molecule has 0 heterocycles. The van der Waals surface area contributed by atoms with E-state index in [1.54, 1.807) is 6.07 Å². The zero-order chi connectivity index (χ0) is 17.7. The lowest BCUT2D eigenvalue weighted by molar-refractivity contribution is 0.0169. The summed E-state index contributed by atoms with van der Waals surface area (Å²) in [5.41, 5.74) is 2.31. The molecule has 2 aromatic rings.